The molecule has 2 heterocycles. The highest BCUT2D eigenvalue weighted by atomic mass is 32.2. The van der Waals surface area contributed by atoms with E-state index in [4.69, 9.17) is 19.8 Å². The maximum Gasteiger partial charge on any atom is 0.482 e. The third-order valence-corrected chi connectivity index (χ3v) is 10.7. The summed E-state index contributed by atoms with van der Waals surface area (Å²) in [5.74, 6) is -1.37. The van der Waals surface area contributed by atoms with Crippen molar-refractivity contribution < 1.29 is 37.2 Å². The molecule has 3 saturated carbocycles. The minimum atomic E-state index is -3.54. The minimum Gasteiger partial charge on any atom is -0.496 e. The molecule has 1 saturated heterocycles. The molecule has 3 aliphatic carbocycles. The number of para-hydroxylation sites is 1. The minimum absolute atomic E-state index is 0.0108. The van der Waals surface area contributed by atoms with Gasteiger partial charge in [0.05, 0.1) is 48.9 Å². The lowest BCUT2D eigenvalue weighted by Crippen LogP contribution is -2.65. The van der Waals surface area contributed by atoms with Crippen molar-refractivity contribution in [2.24, 2.45) is 23.0 Å². The number of sulfonamides is 1. The van der Waals surface area contributed by atoms with E-state index in [9.17, 15) is 23.1 Å². The van der Waals surface area contributed by atoms with Crippen LogP contribution < -0.4 is 20.5 Å². The van der Waals surface area contributed by atoms with Gasteiger partial charge >= 0.3 is 13.1 Å². The molecule has 1 aliphatic heterocycles. The number of hydrogen-bond acceptors (Lipinski definition) is 10. The molecule has 2 bridgehead atoms. The Labute approximate surface area is 251 Å². The van der Waals surface area contributed by atoms with E-state index in [0.29, 0.717) is 23.1 Å². The van der Waals surface area contributed by atoms with Gasteiger partial charge in [-0.3, -0.25) is 4.79 Å². The number of methoxy groups -OCH3 is 1. The van der Waals surface area contributed by atoms with E-state index in [1.807, 2.05) is 0 Å². The van der Waals surface area contributed by atoms with Crippen molar-refractivity contribution in [2.45, 2.75) is 70.8 Å². The van der Waals surface area contributed by atoms with Crippen molar-refractivity contribution in [3.63, 3.8) is 0 Å². The maximum atomic E-state index is 13.3. The number of carboxylic acids is 1. The van der Waals surface area contributed by atoms with Gasteiger partial charge in [-0.05, 0) is 55.1 Å². The fraction of sp³-hybridized carbons (Fsp3) is 0.630. The Hall–Kier alpha value is -3.05. The number of ether oxygens (including phenoxy) is 1. The number of carboxylic acid groups (broad SMARTS) is 1. The van der Waals surface area contributed by atoms with E-state index in [2.05, 4.69) is 41.1 Å². The molecular weight excluding hydrogens is 579 g/mol. The van der Waals surface area contributed by atoms with Gasteiger partial charge in [0.1, 0.15) is 17.9 Å². The van der Waals surface area contributed by atoms with Gasteiger partial charge in [-0.15, -0.1) is 5.10 Å². The van der Waals surface area contributed by atoms with Crippen LogP contribution in [0.5, 0.6) is 5.75 Å². The molecule has 2 aromatic rings. The fourth-order valence-electron chi connectivity index (χ4n) is 6.99. The zero-order valence-corrected chi connectivity index (χ0v) is 25.6. The number of rotatable bonds is 13. The average molecular weight is 619 g/mol. The first-order valence-electron chi connectivity index (χ1n) is 14.4. The van der Waals surface area contributed by atoms with Crippen molar-refractivity contribution in [1.82, 2.24) is 25.0 Å². The Balaban J connectivity index is 1.34. The Morgan fingerprint density at radius 2 is 2.07 bits per heavy atom. The zero-order chi connectivity index (χ0) is 31.2. The van der Waals surface area contributed by atoms with Crippen LogP contribution in [0.15, 0.2) is 24.4 Å². The summed E-state index contributed by atoms with van der Waals surface area (Å²) in [5.41, 5.74) is 5.87. The summed E-state index contributed by atoms with van der Waals surface area (Å²) < 4.78 is 46.1. The largest absolute Gasteiger partial charge is 0.496 e. The molecule has 43 heavy (non-hydrogen) atoms. The number of carbonyl (C=O) groups excluding carboxylic acids is 1. The molecule has 0 unspecified atom stereocenters. The van der Waals surface area contributed by atoms with Crippen LogP contribution in [-0.2, 0) is 43.6 Å². The SMILES string of the molecule is COc1c(C[C@H](NC(=O)Cn2cc(CNS(=O)(=O)CCN)nn2)B2O[C@@H]3C[C@@H]4C[C@@H](C4(C)C)[C@]3(C)O2)cccc1C(=O)O. The highest BCUT2D eigenvalue weighted by Crippen LogP contribution is 2.65. The number of amides is 1. The second-order valence-corrected chi connectivity index (χ2v) is 14.3. The lowest BCUT2D eigenvalue weighted by molar-refractivity contribution is -0.199. The van der Waals surface area contributed by atoms with Gasteiger partial charge in [0.15, 0.2) is 0 Å². The maximum absolute atomic E-state index is 13.3. The predicted octanol–water partition coefficient (Wildman–Crippen LogP) is 0.358. The van der Waals surface area contributed by atoms with Crippen molar-refractivity contribution >= 4 is 29.0 Å². The number of aromatic nitrogens is 3. The standard InChI is InChI=1S/C27H39BN6O8S/c1-26(2)17-11-20(26)27(3)21(12-17)41-28(42-27)22(10-16-6-5-7-19(25(36)37)24(16)40-4)31-23(35)15-34-14-18(32-33-34)13-30-43(38,39)9-8-29/h5-7,14,17,20-22,30H,8-13,15,29H2,1-4H3,(H,31,35)(H,36,37)/t17-,20-,21+,22-,27-/m0/s1. The van der Waals surface area contributed by atoms with Crippen LogP contribution in [0.3, 0.4) is 0 Å². The molecule has 234 valence electrons. The molecule has 16 heteroatoms. The van der Waals surface area contributed by atoms with E-state index in [0.717, 1.165) is 12.8 Å². The summed E-state index contributed by atoms with van der Waals surface area (Å²) in [6.07, 6.45) is 3.48. The third kappa shape index (κ3) is 6.16. The predicted molar refractivity (Wildman–Crippen MR) is 155 cm³/mol. The van der Waals surface area contributed by atoms with Gasteiger partial charge in [0.2, 0.25) is 15.9 Å². The molecule has 14 nitrogen and oxygen atoms in total. The van der Waals surface area contributed by atoms with Crippen molar-refractivity contribution in [3.05, 3.63) is 41.2 Å². The van der Waals surface area contributed by atoms with Gasteiger partial charge in [-0.25, -0.2) is 22.6 Å². The van der Waals surface area contributed by atoms with Crippen LogP contribution in [0.2, 0.25) is 0 Å². The van der Waals surface area contributed by atoms with Gasteiger partial charge in [-0.1, -0.05) is 31.2 Å². The molecule has 5 N–H and O–H groups in total. The van der Waals surface area contributed by atoms with Gasteiger partial charge in [0.25, 0.3) is 0 Å². The number of hydrogen-bond donors (Lipinski definition) is 4. The Bertz CT molecular complexity index is 1490. The van der Waals surface area contributed by atoms with E-state index in [-0.39, 0.29) is 54.6 Å². The molecule has 0 radical (unpaired) electrons. The number of nitrogens with one attached hydrogen (secondary N) is 2. The number of benzene rings is 1. The van der Waals surface area contributed by atoms with Crippen LogP contribution in [0.25, 0.3) is 0 Å². The lowest BCUT2D eigenvalue weighted by Gasteiger charge is -2.64. The lowest BCUT2D eigenvalue weighted by atomic mass is 9.43. The summed E-state index contributed by atoms with van der Waals surface area (Å²) in [7, 11) is -2.92. The number of nitrogens with zero attached hydrogens (tertiary/aromatic N) is 3. The molecule has 1 aromatic carbocycles. The first kappa shape index (κ1) is 31.4. The van der Waals surface area contributed by atoms with E-state index in [1.165, 1.54) is 24.1 Å². The van der Waals surface area contributed by atoms with E-state index >= 15 is 0 Å². The molecule has 4 fully saturated rings. The van der Waals surface area contributed by atoms with Crippen molar-refractivity contribution in [2.75, 3.05) is 19.4 Å². The number of carbonyl (C=O) groups is 2. The summed E-state index contributed by atoms with van der Waals surface area (Å²) in [6, 6.07) is 4.85. The summed E-state index contributed by atoms with van der Waals surface area (Å²) in [5, 5.41) is 20.6. The van der Waals surface area contributed by atoms with Crippen molar-refractivity contribution in [1.29, 1.82) is 0 Å². The number of nitrogens with two attached hydrogens (primary N) is 1. The molecule has 0 spiro atoms. The van der Waals surface area contributed by atoms with E-state index in [1.54, 1.807) is 12.1 Å². The number of aromatic carboxylic acids is 1. The van der Waals surface area contributed by atoms with E-state index < -0.39 is 40.6 Å². The van der Waals surface area contributed by atoms with Gasteiger partial charge in [-0.2, -0.15) is 0 Å². The average Bonchev–Trinajstić information content (AvgIpc) is 3.54. The first-order chi connectivity index (χ1) is 20.3. The van der Waals surface area contributed by atoms with Crippen molar-refractivity contribution in [3.8, 4) is 5.75 Å². The Kier molecular flexibility index (Phi) is 8.61. The second-order valence-electron chi connectivity index (χ2n) is 12.4. The van der Waals surface area contributed by atoms with Gasteiger partial charge in [0, 0.05) is 6.54 Å². The van der Waals surface area contributed by atoms with Crippen LogP contribution in [0.4, 0.5) is 0 Å². The third-order valence-electron chi connectivity index (χ3n) is 9.37. The highest BCUT2D eigenvalue weighted by molar-refractivity contribution is 7.89. The topological polar surface area (TPSA) is 197 Å². The van der Waals surface area contributed by atoms with Gasteiger partial charge < -0.3 is 30.2 Å². The highest BCUT2D eigenvalue weighted by Gasteiger charge is 2.68. The Morgan fingerprint density at radius 3 is 2.74 bits per heavy atom. The van der Waals surface area contributed by atoms with Crippen LogP contribution in [0.1, 0.15) is 55.2 Å². The fourth-order valence-corrected chi connectivity index (χ4v) is 7.81. The summed E-state index contributed by atoms with van der Waals surface area (Å²) >= 11 is 0. The normalized spacial score (nSPS) is 26.3. The quantitative estimate of drug-likeness (QED) is 0.226. The molecule has 1 amide bonds. The summed E-state index contributed by atoms with van der Waals surface area (Å²) in [4.78, 5) is 25.2. The zero-order valence-electron chi connectivity index (χ0n) is 24.8. The van der Waals surface area contributed by atoms with Crippen LogP contribution in [-0.4, -0.2) is 84.6 Å². The second kappa shape index (κ2) is 11.8. The Morgan fingerprint density at radius 1 is 1.30 bits per heavy atom. The van der Waals surface area contributed by atoms with Crippen LogP contribution >= 0.6 is 0 Å². The first-order valence-corrected chi connectivity index (χ1v) is 16.0. The molecule has 6 rings (SSSR count). The monoisotopic (exact) mass is 618 g/mol. The smallest absolute Gasteiger partial charge is 0.482 e. The molecule has 5 atom stereocenters. The molecule has 4 aliphatic rings. The summed E-state index contributed by atoms with van der Waals surface area (Å²) in [6.45, 7) is 6.32. The van der Waals surface area contributed by atoms with Crippen LogP contribution in [0, 0.1) is 17.3 Å². The molecule has 1 aromatic heterocycles. The molecular formula is C27H39BN6O8S.